The van der Waals surface area contributed by atoms with Gasteiger partial charge >= 0.3 is 5.82 Å². The summed E-state index contributed by atoms with van der Waals surface area (Å²) in [4.78, 5) is 21.8. The van der Waals surface area contributed by atoms with E-state index in [9.17, 15) is 14.9 Å². The second kappa shape index (κ2) is 5.38. The zero-order valence-corrected chi connectivity index (χ0v) is 10.9. The van der Waals surface area contributed by atoms with Crippen LogP contribution in [0.15, 0.2) is 30.5 Å². The monoisotopic (exact) mass is 299 g/mol. The number of nitrogens with zero attached hydrogens (tertiary/aromatic N) is 3. The van der Waals surface area contributed by atoms with Crippen molar-refractivity contribution in [3.63, 3.8) is 0 Å². The Bertz CT molecular complexity index is 654. The highest BCUT2D eigenvalue weighted by atomic mass is 35.5. The molecular weight excluding hydrogens is 293 g/mol. The SMILES string of the molecule is O=C(Cn1ccc([N+](=O)[O-])n1)c1ccc(Cl)cc1Cl. The van der Waals surface area contributed by atoms with Crippen LogP contribution in [0.4, 0.5) is 5.82 Å². The highest BCUT2D eigenvalue weighted by Gasteiger charge is 2.16. The van der Waals surface area contributed by atoms with Crippen LogP contribution in [-0.4, -0.2) is 20.5 Å². The van der Waals surface area contributed by atoms with Crippen molar-refractivity contribution in [3.05, 3.63) is 56.2 Å². The summed E-state index contributed by atoms with van der Waals surface area (Å²) >= 11 is 11.6. The topological polar surface area (TPSA) is 78.0 Å². The Hall–Kier alpha value is -1.92. The van der Waals surface area contributed by atoms with Crippen LogP contribution in [0.1, 0.15) is 10.4 Å². The maximum Gasteiger partial charge on any atom is 0.389 e. The van der Waals surface area contributed by atoms with Gasteiger partial charge in [-0.05, 0) is 23.1 Å². The van der Waals surface area contributed by atoms with Gasteiger partial charge in [0.05, 0.1) is 22.4 Å². The third-order valence-corrected chi connectivity index (χ3v) is 2.90. The zero-order valence-electron chi connectivity index (χ0n) is 9.42. The Kier molecular flexibility index (Phi) is 3.82. The first kappa shape index (κ1) is 13.5. The lowest BCUT2D eigenvalue weighted by atomic mass is 10.1. The summed E-state index contributed by atoms with van der Waals surface area (Å²) in [6.07, 6.45) is 1.36. The fourth-order valence-electron chi connectivity index (χ4n) is 1.48. The van der Waals surface area contributed by atoms with Crippen molar-refractivity contribution in [3.8, 4) is 0 Å². The average molecular weight is 300 g/mol. The number of halogens is 2. The van der Waals surface area contributed by atoms with Gasteiger partial charge in [-0.1, -0.05) is 23.2 Å². The van der Waals surface area contributed by atoms with Crippen LogP contribution < -0.4 is 0 Å². The molecule has 98 valence electrons. The smallest absolute Gasteiger partial charge is 0.358 e. The Morgan fingerprint density at radius 2 is 2.11 bits per heavy atom. The highest BCUT2D eigenvalue weighted by molar-refractivity contribution is 6.36. The number of aromatic nitrogens is 2. The number of benzene rings is 1. The lowest BCUT2D eigenvalue weighted by Gasteiger charge is -2.02. The van der Waals surface area contributed by atoms with E-state index in [-0.39, 0.29) is 23.2 Å². The Morgan fingerprint density at radius 1 is 1.37 bits per heavy atom. The third kappa shape index (κ3) is 3.10. The number of hydrogen-bond donors (Lipinski definition) is 0. The van der Waals surface area contributed by atoms with Gasteiger partial charge in [0.1, 0.15) is 6.54 Å². The number of Topliss-reactive ketones (excluding diaryl/α,β-unsaturated/α-hetero) is 1. The minimum Gasteiger partial charge on any atom is -0.358 e. The molecule has 8 heteroatoms. The number of hydrogen-bond acceptors (Lipinski definition) is 4. The zero-order chi connectivity index (χ0) is 14.0. The predicted octanol–water partition coefficient (Wildman–Crippen LogP) is 2.98. The fraction of sp³-hybridized carbons (Fsp3) is 0.0909. The summed E-state index contributed by atoms with van der Waals surface area (Å²) in [5, 5.41) is 14.8. The Morgan fingerprint density at radius 3 is 2.68 bits per heavy atom. The molecule has 0 amide bonds. The van der Waals surface area contributed by atoms with E-state index in [2.05, 4.69) is 5.10 Å². The maximum atomic E-state index is 12.0. The van der Waals surface area contributed by atoms with E-state index in [1.165, 1.54) is 29.1 Å². The number of carbonyl (C=O) groups excluding carboxylic acids is 1. The molecule has 0 aliphatic carbocycles. The van der Waals surface area contributed by atoms with Crippen LogP contribution in [0.5, 0.6) is 0 Å². The minimum atomic E-state index is -0.629. The molecular formula is C11H7Cl2N3O3. The van der Waals surface area contributed by atoms with Crippen molar-refractivity contribution in [2.75, 3.05) is 0 Å². The first-order valence-corrected chi connectivity index (χ1v) is 5.89. The number of ketones is 1. The van der Waals surface area contributed by atoms with Crippen molar-refractivity contribution in [2.45, 2.75) is 6.54 Å². The van der Waals surface area contributed by atoms with E-state index >= 15 is 0 Å². The van der Waals surface area contributed by atoms with Gasteiger partial charge in [-0.25, -0.2) is 0 Å². The van der Waals surface area contributed by atoms with E-state index < -0.39 is 4.92 Å². The summed E-state index contributed by atoms with van der Waals surface area (Å²) in [6.45, 7) is -0.130. The van der Waals surface area contributed by atoms with Crippen LogP contribution in [0.3, 0.4) is 0 Å². The molecule has 19 heavy (non-hydrogen) atoms. The van der Waals surface area contributed by atoms with Crippen molar-refractivity contribution in [2.24, 2.45) is 0 Å². The van der Waals surface area contributed by atoms with Gasteiger partial charge in [0, 0.05) is 10.6 Å². The lowest BCUT2D eigenvalue weighted by molar-refractivity contribution is -0.389. The second-order valence-electron chi connectivity index (χ2n) is 3.68. The maximum absolute atomic E-state index is 12.0. The van der Waals surface area contributed by atoms with Crippen LogP contribution in [-0.2, 0) is 6.54 Å². The molecule has 0 N–H and O–H groups in total. The molecule has 0 aliphatic rings. The van der Waals surface area contributed by atoms with Crippen molar-refractivity contribution in [1.29, 1.82) is 0 Å². The number of carbonyl (C=O) groups is 1. The summed E-state index contributed by atoms with van der Waals surface area (Å²) in [5.41, 5.74) is 0.296. The standard InChI is InChI=1S/C11H7Cl2N3O3/c12-7-1-2-8(9(13)5-7)10(17)6-15-4-3-11(14-15)16(18)19/h1-5H,6H2. The largest absolute Gasteiger partial charge is 0.389 e. The summed E-state index contributed by atoms with van der Waals surface area (Å²) in [5.74, 6) is -0.616. The molecule has 1 aromatic heterocycles. The Balaban J connectivity index is 2.18. The number of nitro groups is 1. The van der Waals surface area contributed by atoms with Gasteiger partial charge in [-0.15, -0.1) is 0 Å². The molecule has 2 rings (SSSR count). The molecule has 0 fully saturated rings. The molecule has 1 heterocycles. The molecule has 6 nitrogen and oxygen atoms in total. The second-order valence-corrected chi connectivity index (χ2v) is 4.52. The molecule has 0 radical (unpaired) electrons. The van der Waals surface area contributed by atoms with E-state index in [1.54, 1.807) is 6.07 Å². The van der Waals surface area contributed by atoms with Gasteiger partial charge < -0.3 is 10.1 Å². The van der Waals surface area contributed by atoms with Crippen molar-refractivity contribution >= 4 is 34.8 Å². The number of rotatable bonds is 4. The highest BCUT2D eigenvalue weighted by Crippen LogP contribution is 2.21. The first-order valence-electron chi connectivity index (χ1n) is 5.13. The molecule has 0 spiro atoms. The summed E-state index contributed by atoms with van der Waals surface area (Å²) in [6, 6.07) is 5.73. The predicted molar refractivity (Wildman–Crippen MR) is 69.7 cm³/mol. The van der Waals surface area contributed by atoms with Crippen LogP contribution in [0.2, 0.25) is 10.0 Å². The molecule has 0 bridgehead atoms. The van der Waals surface area contributed by atoms with Gasteiger partial charge in [-0.2, -0.15) is 4.68 Å². The third-order valence-electron chi connectivity index (χ3n) is 2.35. The normalized spacial score (nSPS) is 10.4. The van der Waals surface area contributed by atoms with E-state index in [4.69, 9.17) is 23.2 Å². The van der Waals surface area contributed by atoms with E-state index in [0.29, 0.717) is 10.6 Å². The summed E-state index contributed by atoms with van der Waals surface area (Å²) < 4.78 is 1.19. The quantitative estimate of drug-likeness (QED) is 0.494. The van der Waals surface area contributed by atoms with E-state index in [1.807, 2.05) is 0 Å². The average Bonchev–Trinajstić information content (AvgIpc) is 2.77. The molecule has 2 aromatic rings. The van der Waals surface area contributed by atoms with Crippen LogP contribution in [0, 0.1) is 10.1 Å². The van der Waals surface area contributed by atoms with Gasteiger partial charge in [0.25, 0.3) is 0 Å². The minimum absolute atomic E-state index is 0.130. The summed E-state index contributed by atoms with van der Waals surface area (Å²) in [7, 11) is 0. The van der Waals surface area contributed by atoms with Crippen LogP contribution in [0.25, 0.3) is 0 Å². The lowest BCUT2D eigenvalue weighted by Crippen LogP contribution is -2.11. The molecule has 1 aromatic carbocycles. The van der Waals surface area contributed by atoms with E-state index in [0.717, 1.165) is 0 Å². The molecule has 0 aliphatic heterocycles. The molecule has 0 unspecified atom stereocenters. The Labute approximate surface area is 117 Å². The fourth-order valence-corrected chi connectivity index (χ4v) is 2.00. The van der Waals surface area contributed by atoms with Crippen LogP contribution >= 0.6 is 23.2 Å². The van der Waals surface area contributed by atoms with Gasteiger partial charge in [-0.3, -0.25) is 4.79 Å². The molecule has 0 saturated heterocycles. The van der Waals surface area contributed by atoms with Gasteiger partial charge in [0.15, 0.2) is 5.78 Å². The van der Waals surface area contributed by atoms with Crippen molar-refractivity contribution < 1.29 is 9.72 Å². The molecule has 0 saturated carbocycles. The van der Waals surface area contributed by atoms with Crippen molar-refractivity contribution in [1.82, 2.24) is 9.78 Å². The van der Waals surface area contributed by atoms with Gasteiger partial charge in [0.2, 0.25) is 0 Å². The molecule has 0 atom stereocenters. The first-order chi connectivity index (χ1) is 8.97.